The van der Waals surface area contributed by atoms with Crippen LogP contribution in [0.2, 0.25) is 5.02 Å². The lowest BCUT2D eigenvalue weighted by Gasteiger charge is -2.08. The van der Waals surface area contributed by atoms with Gasteiger partial charge in [-0.1, -0.05) is 29.8 Å². The summed E-state index contributed by atoms with van der Waals surface area (Å²) in [6.45, 7) is 0.945. The number of benzene rings is 2. The molecule has 0 heterocycles. The Hall–Kier alpha value is -1.47. The first-order chi connectivity index (χ1) is 10.4. The minimum Gasteiger partial charge on any atom is -0.312 e. The van der Waals surface area contributed by atoms with Gasteiger partial charge in [0.1, 0.15) is 5.82 Å². The second-order valence-electron chi connectivity index (χ2n) is 4.82. The maximum atomic E-state index is 13.6. The fourth-order valence-corrected chi connectivity index (χ4v) is 2.74. The molecule has 7 heteroatoms. The highest BCUT2D eigenvalue weighted by Gasteiger charge is 2.07. The third-order valence-corrected chi connectivity index (χ3v) is 4.49. The van der Waals surface area contributed by atoms with E-state index in [9.17, 15) is 12.8 Å². The average Bonchev–Trinajstić information content (AvgIpc) is 2.45. The molecule has 118 valence electrons. The Kier molecular flexibility index (Phi) is 5.52. The number of hydrogen-bond acceptors (Lipinski definition) is 3. The van der Waals surface area contributed by atoms with Crippen molar-refractivity contribution >= 4 is 21.6 Å². The van der Waals surface area contributed by atoms with Gasteiger partial charge in [-0.25, -0.2) is 17.9 Å². The smallest absolute Gasteiger partial charge is 0.238 e. The largest absolute Gasteiger partial charge is 0.312 e. The van der Waals surface area contributed by atoms with Crippen molar-refractivity contribution in [1.29, 1.82) is 0 Å². The molecule has 0 amide bonds. The van der Waals surface area contributed by atoms with Crippen LogP contribution in [0.4, 0.5) is 4.39 Å². The molecule has 4 nitrogen and oxygen atoms in total. The van der Waals surface area contributed by atoms with Gasteiger partial charge in [-0.05, 0) is 42.8 Å². The predicted octanol–water partition coefficient (Wildman–Crippen LogP) is 2.46. The normalized spacial score (nSPS) is 11.6. The highest BCUT2D eigenvalue weighted by atomic mass is 35.5. The van der Waals surface area contributed by atoms with Gasteiger partial charge in [-0.15, -0.1) is 0 Å². The van der Waals surface area contributed by atoms with E-state index in [2.05, 4.69) is 5.32 Å². The fraction of sp³-hybridized carbons (Fsp3) is 0.200. The van der Waals surface area contributed by atoms with Gasteiger partial charge in [0.25, 0.3) is 0 Å². The van der Waals surface area contributed by atoms with Gasteiger partial charge in [-0.2, -0.15) is 0 Å². The van der Waals surface area contributed by atoms with E-state index in [0.717, 1.165) is 5.56 Å². The quantitative estimate of drug-likeness (QED) is 0.792. The Morgan fingerprint density at radius 1 is 1.14 bits per heavy atom. The number of nitrogens with two attached hydrogens (primary N) is 1. The molecule has 2 aromatic carbocycles. The number of halogens is 2. The zero-order chi connectivity index (χ0) is 16.2. The third-order valence-electron chi connectivity index (χ3n) is 3.21. The number of rotatable bonds is 6. The lowest BCUT2D eigenvalue weighted by atomic mass is 10.1. The van der Waals surface area contributed by atoms with Crippen LogP contribution in [0.5, 0.6) is 0 Å². The molecular formula is C15H16ClFN2O2S. The lowest BCUT2D eigenvalue weighted by Crippen LogP contribution is -2.18. The van der Waals surface area contributed by atoms with E-state index in [0.29, 0.717) is 30.1 Å². The first kappa shape index (κ1) is 16.9. The van der Waals surface area contributed by atoms with Gasteiger partial charge in [-0.3, -0.25) is 0 Å². The molecule has 22 heavy (non-hydrogen) atoms. The van der Waals surface area contributed by atoms with Crippen LogP contribution in [0.3, 0.4) is 0 Å². The summed E-state index contributed by atoms with van der Waals surface area (Å²) in [5.74, 6) is -0.336. The van der Waals surface area contributed by atoms with Gasteiger partial charge in [0.15, 0.2) is 0 Å². The average molecular weight is 343 g/mol. The van der Waals surface area contributed by atoms with E-state index in [1.165, 1.54) is 18.2 Å². The second-order valence-corrected chi connectivity index (χ2v) is 6.78. The molecule has 3 N–H and O–H groups in total. The fourth-order valence-electron chi connectivity index (χ4n) is 1.99. The van der Waals surface area contributed by atoms with Crippen molar-refractivity contribution in [2.75, 3.05) is 6.54 Å². The summed E-state index contributed by atoms with van der Waals surface area (Å²) in [6, 6.07) is 10.9. The van der Waals surface area contributed by atoms with Crippen LogP contribution in [-0.4, -0.2) is 15.0 Å². The number of sulfonamides is 1. The van der Waals surface area contributed by atoms with Gasteiger partial charge >= 0.3 is 0 Å². The Labute approximate surface area is 134 Å². The molecule has 0 radical (unpaired) electrons. The van der Waals surface area contributed by atoms with Crippen LogP contribution in [0.25, 0.3) is 0 Å². The zero-order valence-corrected chi connectivity index (χ0v) is 13.3. The molecule has 0 unspecified atom stereocenters. The van der Waals surface area contributed by atoms with Crippen molar-refractivity contribution in [1.82, 2.24) is 5.32 Å². The van der Waals surface area contributed by atoms with Crippen LogP contribution >= 0.6 is 11.6 Å². The van der Waals surface area contributed by atoms with E-state index in [4.69, 9.17) is 16.7 Å². The molecule has 0 aliphatic rings. The minimum atomic E-state index is -3.66. The Morgan fingerprint density at radius 2 is 1.82 bits per heavy atom. The van der Waals surface area contributed by atoms with Crippen LogP contribution in [0.15, 0.2) is 47.4 Å². The maximum absolute atomic E-state index is 13.6. The van der Waals surface area contributed by atoms with Gasteiger partial charge in [0.2, 0.25) is 10.0 Å². The third kappa shape index (κ3) is 4.51. The van der Waals surface area contributed by atoms with E-state index >= 15 is 0 Å². The summed E-state index contributed by atoms with van der Waals surface area (Å²) in [6.07, 6.45) is 0.678. The Bertz CT molecular complexity index is 728. The molecule has 2 rings (SSSR count). The standard InChI is InChI=1S/C15H16ClFN2O2S/c16-14-2-1-3-15(17)13(14)10-19-9-8-11-4-6-12(7-5-11)22(18,20)21/h1-7,19H,8-10H2,(H2,18,20,21). The number of hydrogen-bond donors (Lipinski definition) is 2. The van der Waals surface area contributed by atoms with Crippen LogP contribution in [-0.2, 0) is 23.0 Å². The highest BCUT2D eigenvalue weighted by molar-refractivity contribution is 7.89. The highest BCUT2D eigenvalue weighted by Crippen LogP contribution is 2.18. The first-order valence-corrected chi connectivity index (χ1v) is 8.56. The lowest BCUT2D eigenvalue weighted by molar-refractivity contribution is 0.588. The van der Waals surface area contributed by atoms with E-state index in [1.54, 1.807) is 24.3 Å². The number of nitrogens with one attached hydrogen (secondary N) is 1. The summed E-state index contributed by atoms with van der Waals surface area (Å²) in [5.41, 5.74) is 1.40. The minimum absolute atomic E-state index is 0.0855. The van der Waals surface area contributed by atoms with Gasteiger partial charge in [0, 0.05) is 17.1 Å². The van der Waals surface area contributed by atoms with Crippen molar-refractivity contribution in [3.63, 3.8) is 0 Å². The van der Waals surface area contributed by atoms with Crippen LogP contribution in [0, 0.1) is 5.82 Å². The SMILES string of the molecule is NS(=O)(=O)c1ccc(CCNCc2c(F)cccc2Cl)cc1. The number of primary sulfonamides is 1. The predicted molar refractivity (Wildman–Crippen MR) is 84.6 cm³/mol. The summed E-state index contributed by atoms with van der Waals surface area (Å²) in [7, 11) is -3.66. The molecule has 0 saturated carbocycles. The summed E-state index contributed by atoms with van der Waals surface area (Å²) in [4.78, 5) is 0.0855. The molecule has 0 aliphatic heterocycles. The first-order valence-electron chi connectivity index (χ1n) is 6.63. The van der Waals surface area contributed by atoms with Crippen molar-refractivity contribution in [2.24, 2.45) is 5.14 Å². The molecule has 0 fully saturated rings. The molecule has 0 saturated heterocycles. The van der Waals surface area contributed by atoms with E-state index < -0.39 is 10.0 Å². The molecule has 0 bridgehead atoms. The van der Waals surface area contributed by atoms with Crippen molar-refractivity contribution in [3.8, 4) is 0 Å². The van der Waals surface area contributed by atoms with E-state index in [1.807, 2.05) is 0 Å². The monoisotopic (exact) mass is 342 g/mol. The molecular weight excluding hydrogens is 327 g/mol. The molecule has 0 aromatic heterocycles. The molecule has 0 spiro atoms. The molecule has 0 aliphatic carbocycles. The molecule has 2 aromatic rings. The van der Waals surface area contributed by atoms with E-state index in [-0.39, 0.29) is 10.7 Å². The van der Waals surface area contributed by atoms with Gasteiger partial charge in [0.05, 0.1) is 4.90 Å². The van der Waals surface area contributed by atoms with Crippen LogP contribution < -0.4 is 10.5 Å². The zero-order valence-electron chi connectivity index (χ0n) is 11.7. The van der Waals surface area contributed by atoms with Crippen molar-refractivity contribution in [2.45, 2.75) is 17.9 Å². The van der Waals surface area contributed by atoms with Crippen LogP contribution in [0.1, 0.15) is 11.1 Å². The van der Waals surface area contributed by atoms with Crippen molar-refractivity contribution in [3.05, 3.63) is 64.4 Å². The second kappa shape index (κ2) is 7.19. The Morgan fingerprint density at radius 3 is 2.41 bits per heavy atom. The Balaban J connectivity index is 1.87. The molecule has 0 atom stereocenters. The van der Waals surface area contributed by atoms with Gasteiger partial charge < -0.3 is 5.32 Å². The maximum Gasteiger partial charge on any atom is 0.238 e. The van der Waals surface area contributed by atoms with Crippen molar-refractivity contribution < 1.29 is 12.8 Å². The summed E-state index contributed by atoms with van der Waals surface area (Å²) >= 11 is 5.94. The summed E-state index contributed by atoms with van der Waals surface area (Å²) < 4.78 is 35.8. The topological polar surface area (TPSA) is 72.2 Å². The summed E-state index contributed by atoms with van der Waals surface area (Å²) in [5, 5.41) is 8.54.